The quantitative estimate of drug-likeness (QED) is 0.215. The Hall–Kier alpha value is -1.94. The molecule has 226 valence electrons. The second kappa shape index (κ2) is 21.8. The van der Waals surface area contributed by atoms with Crippen LogP contribution in [-0.4, -0.2) is 55.8 Å². The molecule has 8 nitrogen and oxygen atoms in total. The number of amides is 2. The van der Waals surface area contributed by atoms with Gasteiger partial charge in [-0.2, -0.15) is 0 Å². The van der Waals surface area contributed by atoms with Crippen molar-refractivity contribution in [3.05, 3.63) is 29.3 Å². The van der Waals surface area contributed by atoms with Gasteiger partial charge in [-0.05, 0) is 37.5 Å². The van der Waals surface area contributed by atoms with Crippen molar-refractivity contribution in [3.8, 4) is 5.75 Å². The number of aryl methyl sites for hydroxylation is 2. The molecule has 0 heterocycles. The summed E-state index contributed by atoms with van der Waals surface area (Å²) in [6.45, 7) is 7.73. The average Bonchev–Trinajstić information content (AvgIpc) is 2.89. The van der Waals surface area contributed by atoms with Crippen LogP contribution in [0.1, 0.15) is 95.6 Å². The SMILES string of the molecule is CCCCCCCCCCCCS(=O)(=O)CC(C)C(=O)NC.CNC(=O)CCS(=O)Oc1cc(C)ccc1C. The van der Waals surface area contributed by atoms with Crippen molar-refractivity contribution >= 4 is 32.7 Å². The van der Waals surface area contributed by atoms with Crippen LogP contribution in [0.5, 0.6) is 5.75 Å². The van der Waals surface area contributed by atoms with Gasteiger partial charge in [0.15, 0.2) is 9.84 Å². The highest BCUT2D eigenvalue weighted by Crippen LogP contribution is 2.20. The predicted octanol–water partition coefficient (Wildman–Crippen LogP) is 5.19. The van der Waals surface area contributed by atoms with Gasteiger partial charge in [-0.15, -0.1) is 0 Å². The molecule has 10 heteroatoms. The van der Waals surface area contributed by atoms with Gasteiger partial charge in [0.2, 0.25) is 22.9 Å². The number of rotatable bonds is 19. The third-order valence-corrected chi connectivity index (χ3v) is 9.13. The maximum Gasteiger partial charge on any atom is 0.223 e. The standard InChI is InChI=1S/C17H35NO3S.C12H17NO3S/c1-4-5-6-7-8-9-10-11-12-13-14-22(20,21)15-16(2)17(19)18-3;1-9-4-5-10(2)11(8-9)16-17(15)7-6-12(14)13-3/h16H,4-15H2,1-3H3,(H,18,19);4-5,8H,6-7H2,1-3H3,(H,13,14). The molecule has 2 N–H and O–H groups in total. The fourth-order valence-electron chi connectivity index (χ4n) is 3.84. The summed E-state index contributed by atoms with van der Waals surface area (Å²) in [7, 11) is -0.0166. The van der Waals surface area contributed by atoms with Crippen molar-refractivity contribution in [2.75, 3.05) is 31.4 Å². The van der Waals surface area contributed by atoms with Gasteiger partial charge in [-0.3, -0.25) is 9.59 Å². The van der Waals surface area contributed by atoms with Gasteiger partial charge in [0.1, 0.15) is 5.75 Å². The smallest absolute Gasteiger partial charge is 0.223 e. The number of unbranched alkanes of at least 4 members (excludes halogenated alkanes) is 9. The van der Waals surface area contributed by atoms with E-state index in [0.717, 1.165) is 30.4 Å². The van der Waals surface area contributed by atoms with E-state index in [0.29, 0.717) is 5.75 Å². The van der Waals surface area contributed by atoms with Crippen molar-refractivity contribution in [1.82, 2.24) is 10.6 Å². The van der Waals surface area contributed by atoms with Gasteiger partial charge >= 0.3 is 0 Å². The molecule has 0 aliphatic rings. The van der Waals surface area contributed by atoms with Crippen LogP contribution in [0, 0.1) is 19.8 Å². The molecule has 2 unspecified atom stereocenters. The first-order valence-electron chi connectivity index (χ1n) is 14.2. The molecule has 0 spiro atoms. The molecule has 1 rings (SSSR count). The number of carbonyl (C=O) groups is 2. The zero-order valence-electron chi connectivity index (χ0n) is 25.0. The van der Waals surface area contributed by atoms with Gasteiger partial charge in [0.25, 0.3) is 0 Å². The van der Waals surface area contributed by atoms with Gasteiger partial charge in [0.05, 0.1) is 17.3 Å². The fraction of sp³-hybridized carbons (Fsp3) is 0.724. The number of sulfone groups is 1. The summed E-state index contributed by atoms with van der Waals surface area (Å²) < 4.78 is 40.8. The zero-order chi connectivity index (χ0) is 29.7. The van der Waals surface area contributed by atoms with Crippen molar-refractivity contribution in [2.24, 2.45) is 5.92 Å². The first-order chi connectivity index (χ1) is 18.4. The van der Waals surface area contributed by atoms with E-state index in [2.05, 4.69) is 17.6 Å². The Labute approximate surface area is 240 Å². The second-order valence-corrected chi connectivity index (χ2v) is 13.5. The second-order valence-electron chi connectivity index (χ2n) is 10.1. The number of hydrogen-bond donors (Lipinski definition) is 2. The summed E-state index contributed by atoms with van der Waals surface area (Å²) in [6.07, 6.45) is 12.1. The Morgan fingerprint density at radius 1 is 0.923 bits per heavy atom. The van der Waals surface area contributed by atoms with E-state index < -0.39 is 26.8 Å². The Bertz CT molecular complexity index is 967. The topological polar surface area (TPSA) is 119 Å². The minimum Gasteiger partial charge on any atom is -0.400 e. The molecule has 2 atom stereocenters. The molecule has 0 aliphatic carbocycles. The first-order valence-corrected chi connectivity index (χ1v) is 17.3. The summed E-state index contributed by atoms with van der Waals surface area (Å²) >= 11 is -1.47. The normalized spacial score (nSPS) is 12.6. The van der Waals surface area contributed by atoms with Crippen LogP contribution >= 0.6 is 0 Å². The lowest BCUT2D eigenvalue weighted by atomic mass is 10.1. The molecule has 0 aliphatic heterocycles. The van der Waals surface area contributed by atoms with E-state index >= 15 is 0 Å². The van der Waals surface area contributed by atoms with Crippen LogP contribution < -0.4 is 14.8 Å². The monoisotopic (exact) mass is 588 g/mol. The van der Waals surface area contributed by atoms with Crippen LogP contribution in [0.3, 0.4) is 0 Å². The van der Waals surface area contributed by atoms with Crippen molar-refractivity contribution in [2.45, 2.75) is 98.3 Å². The Morgan fingerprint density at radius 3 is 2.03 bits per heavy atom. The maximum absolute atomic E-state index is 11.9. The first kappa shape index (κ1) is 37.1. The molecule has 0 bridgehead atoms. The number of carbonyl (C=O) groups excluding carboxylic acids is 2. The van der Waals surface area contributed by atoms with Crippen molar-refractivity contribution in [3.63, 3.8) is 0 Å². The molecule has 2 amide bonds. The molecule has 0 aromatic heterocycles. The van der Waals surface area contributed by atoms with Gasteiger partial charge in [0, 0.05) is 26.4 Å². The van der Waals surface area contributed by atoms with E-state index in [1.807, 2.05) is 32.0 Å². The average molecular weight is 589 g/mol. The van der Waals surface area contributed by atoms with E-state index in [9.17, 15) is 22.2 Å². The molecule has 1 aromatic carbocycles. The van der Waals surface area contributed by atoms with E-state index in [1.165, 1.54) is 52.0 Å². The number of benzene rings is 1. The highest BCUT2D eigenvalue weighted by atomic mass is 32.2. The Morgan fingerprint density at radius 2 is 1.49 bits per heavy atom. The highest BCUT2D eigenvalue weighted by molar-refractivity contribution is 7.91. The zero-order valence-corrected chi connectivity index (χ0v) is 26.6. The molecular weight excluding hydrogens is 536 g/mol. The van der Waals surface area contributed by atoms with Crippen LogP contribution in [0.15, 0.2) is 18.2 Å². The minimum atomic E-state index is -3.10. The third kappa shape index (κ3) is 19.7. The molecule has 1 aromatic rings. The molecule has 0 radical (unpaired) electrons. The largest absolute Gasteiger partial charge is 0.400 e. The lowest BCUT2D eigenvalue weighted by Gasteiger charge is -2.10. The number of hydrogen-bond acceptors (Lipinski definition) is 6. The number of nitrogens with one attached hydrogen (secondary N) is 2. The van der Waals surface area contributed by atoms with Crippen LogP contribution in [-0.2, 0) is 30.5 Å². The Kier molecular flexibility index (Phi) is 20.7. The molecule has 0 saturated carbocycles. The van der Waals surface area contributed by atoms with Crippen molar-refractivity contribution < 1.29 is 26.4 Å². The summed E-state index contributed by atoms with van der Waals surface area (Å²) in [5, 5.41) is 4.97. The van der Waals surface area contributed by atoms with E-state index in [4.69, 9.17) is 4.18 Å². The summed E-state index contributed by atoms with van der Waals surface area (Å²) in [5.41, 5.74) is 1.98. The molecular formula is C29H52N2O6S2. The summed E-state index contributed by atoms with van der Waals surface area (Å²) in [4.78, 5) is 22.3. The minimum absolute atomic E-state index is 0.0376. The van der Waals surface area contributed by atoms with Gasteiger partial charge in [-0.1, -0.05) is 83.8 Å². The molecule has 39 heavy (non-hydrogen) atoms. The molecule has 0 fully saturated rings. The lowest BCUT2D eigenvalue weighted by Crippen LogP contribution is -2.31. The lowest BCUT2D eigenvalue weighted by molar-refractivity contribution is -0.123. The highest BCUT2D eigenvalue weighted by Gasteiger charge is 2.20. The third-order valence-electron chi connectivity index (χ3n) is 6.31. The summed E-state index contributed by atoms with van der Waals surface area (Å²) in [5.74, 6) is 0.190. The van der Waals surface area contributed by atoms with Crippen LogP contribution in [0.4, 0.5) is 0 Å². The van der Waals surface area contributed by atoms with Crippen LogP contribution in [0.2, 0.25) is 0 Å². The van der Waals surface area contributed by atoms with E-state index in [-0.39, 0.29) is 35.5 Å². The van der Waals surface area contributed by atoms with Gasteiger partial charge < -0.3 is 14.8 Å². The van der Waals surface area contributed by atoms with E-state index in [1.54, 1.807) is 14.0 Å². The Balaban J connectivity index is 0.000000763. The maximum atomic E-state index is 11.9. The predicted molar refractivity (Wildman–Crippen MR) is 162 cm³/mol. The molecule has 0 saturated heterocycles. The van der Waals surface area contributed by atoms with Gasteiger partial charge in [-0.25, -0.2) is 12.6 Å². The summed E-state index contributed by atoms with van der Waals surface area (Å²) in [6, 6.07) is 5.73. The van der Waals surface area contributed by atoms with Crippen molar-refractivity contribution in [1.29, 1.82) is 0 Å². The van der Waals surface area contributed by atoms with Crippen LogP contribution in [0.25, 0.3) is 0 Å². The fourth-order valence-corrected chi connectivity index (χ4v) is 6.37.